The van der Waals surface area contributed by atoms with E-state index in [1.165, 1.54) is 29.0 Å². The molecule has 0 unspecified atom stereocenters. The van der Waals surface area contributed by atoms with Crippen LogP contribution in [0.4, 0.5) is 5.69 Å². The quantitative estimate of drug-likeness (QED) is 0.711. The number of benzene rings is 2. The van der Waals surface area contributed by atoms with Gasteiger partial charge in [0.1, 0.15) is 0 Å². The van der Waals surface area contributed by atoms with E-state index < -0.39 is 5.97 Å². The molecule has 0 saturated heterocycles. The summed E-state index contributed by atoms with van der Waals surface area (Å²) in [6, 6.07) is 12.9. The lowest BCUT2D eigenvalue weighted by atomic mass is 10.2. The number of ether oxygens (including phenoxy) is 1. The number of hydrogen-bond acceptors (Lipinski definition) is 4. The maximum absolute atomic E-state index is 12.0. The van der Waals surface area contributed by atoms with E-state index in [9.17, 15) is 9.59 Å². The number of rotatable bonds is 7. The highest BCUT2D eigenvalue weighted by atomic mass is 35.5. The minimum atomic E-state index is -0.434. The number of esters is 1. The molecule has 0 heterocycles. The fourth-order valence-corrected chi connectivity index (χ4v) is 3.11. The minimum Gasteiger partial charge on any atom is -0.462 e. The molecule has 2 aromatic rings. The molecule has 6 heteroatoms. The normalized spacial score (nSPS) is 10.4. The summed E-state index contributed by atoms with van der Waals surface area (Å²) in [5, 5.41) is 3.07. The Morgan fingerprint density at radius 2 is 1.88 bits per heavy atom. The molecular formula is C19H20ClNO3S. The van der Waals surface area contributed by atoms with Crippen LogP contribution in [-0.4, -0.2) is 24.2 Å². The molecule has 0 spiro atoms. The van der Waals surface area contributed by atoms with Gasteiger partial charge in [0.2, 0.25) is 5.91 Å². The molecule has 2 rings (SSSR count). The minimum absolute atomic E-state index is 0.136. The fourth-order valence-electron chi connectivity index (χ4n) is 2.09. The largest absolute Gasteiger partial charge is 0.462 e. The van der Waals surface area contributed by atoms with Gasteiger partial charge >= 0.3 is 5.97 Å². The van der Waals surface area contributed by atoms with Gasteiger partial charge in [0, 0.05) is 5.75 Å². The summed E-state index contributed by atoms with van der Waals surface area (Å²) in [7, 11) is 0. The van der Waals surface area contributed by atoms with Gasteiger partial charge in [-0.15, -0.1) is 11.8 Å². The van der Waals surface area contributed by atoms with Gasteiger partial charge in [-0.05, 0) is 37.6 Å². The molecule has 0 bridgehead atoms. The van der Waals surface area contributed by atoms with Crippen molar-refractivity contribution in [1.82, 2.24) is 0 Å². The molecule has 25 heavy (non-hydrogen) atoms. The number of halogens is 1. The van der Waals surface area contributed by atoms with Crippen molar-refractivity contribution < 1.29 is 14.3 Å². The van der Waals surface area contributed by atoms with Gasteiger partial charge in [0.15, 0.2) is 0 Å². The second-order valence-corrected chi connectivity index (χ2v) is 6.83. The maximum atomic E-state index is 12.0. The summed E-state index contributed by atoms with van der Waals surface area (Å²) in [4.78, 5) is 23.7. The molecule has 4 nitrogen and oxygen atoms in total. The number of anilines is 1. The van der Waals surface area contributed by atoms with Crippen molar-refractivity contribution in [2.24, 2.45) is 0 Å². The van der Waals surface area contributed by atoms with Gasteiger partial charge in [-0.2, -0.15) is 0 Å². The molecule has 0 aliphatic heterocycles. The first-order valence-electron chi connectivity index (χ1n) is 7.89. The smallest absolute Gasteiger partial charge is 0.338 e. The molecule has 132 valence electrons. The first-order chi connectivity index (χ1) is 12.0. The van der Waals surface area contributed by atoms with E-state index in [1.54, 1.807) is 19.1 Å². The Labute approximate surface area is 156 Å². The first kappa shape index (κ1) is 19.3. The molecule has 0 aliphatic rings. The van der Waals surface area contributed by atoms with Crippen LogP contribution in [0, 0.1) is 6.92 Å². The van der Waals surface area contributed by atoms with Crippen molar-refractivity contribution in [2.75, 3.05) is 17.7 Å². The number of thioether (sulfide) groups is 1. The van der Waals surface area contributed by atoms with E-state index in [0.29, 0.717) is 28.6 Å². The summed E-state index contributed by atoms with van der Waals surface area (Å²) in [6.45, 7) is 4.08. The first-order valence-corrected chi connectivity index (χ1v) is 9.42. The lowest BCUT2D eigenvalue weighted by Crippen LogP contribution is -2.15. The third-order valence-electron chi connectivity index (χ3n) is 3.38. The van der Waals surface area contributed by atoms with Crippen LogP contribution in [0.5, 0.6) is 0 Å². The van der Waals surface area contributed by atoms with Crippen LogP contribution in [0.1, 0.15) is 28.4 Å². The van der Waals surface area contributed by atoms with Crippen molar-refractivity contribution in [1.29, 1.82) is 0 Å². The van der Waals surface area contributed by atoms with Gasteiger partial charge in [0.05, 0.1) is 28.6 Å². The summed E-state index contributed by atoms with van der Waals surface area (Å²) in [6.07, 6.45) is 0. The van der Waals surface area contributed by atoms with Crippen molar-refractivity contribution >= 4 is 40.9 Å². The van der Waals surface area contributed by atoms with E-state index >= 15 is 0 Å². The summed E-state index contributed by atoms with van der Waals surface area (Å²) >= 11 is 7.66. The van der Waals surface area contributed by atoms with Crippen LogP contribution in [0.15, 0.2) is 42.5 Å². The zero-order chi connectivity index (χ0) is 18.2. The van der Waals surface area contributed by atoms with Crippen LogP contribution < -0.4 is 5.32 Å². The molecular weight excluding hydrogens is 358 g/mol. The van der Waals surface area contributed by atoms with Gasteiger partial charge in [-0.25, -0.2) is 4.79 Å². The van der Waals surface area contributed by atoms with Gasteiger partial charge in [-0.1, -0.05) is 41.4 Å². The van der Waals surface area contributed by atoms with Crippen LogP contribution in [-0.2, 0) is 15.3 Å². The molecule has 1 N–H and O–H groups in total. The Morgan fingerprint density at radius 1 is 1.16 bits per heavy atom. The number of amides is 1. The number of aryl methyl sites for hydroxylation is 1. The fraction of sp³-hybridized carbons (Fsp3) is 0.263. The zero-order valence-corrected chi connectivity index (χ0v) is 15.7. The summed E-state index contributed by atoms with van der Waals surface area (Å²) in [5.41, 5.74) is 3.24. The second kappa shape index (κ2) is 9.49. The Hall–Kier alpha value is -1.98. The average Bonchev–Trinajstić information content (AvgIpc) is 2.58. The van der Waals surface area contributed by atoms with Crippen molar-refractivity contribution in [3.63, 3.8) is 0 Å². The molecule has 1 amide bonds. The molecule has 0 fully saturated rings. The van der Waals surface area contributed by atoms with Gasteiger partial charge < -0.3 is 10.1 Å². The molecule has 0 aromatic heterocycles. The van der Waals surface area contributed by atoms with E-state index in [2.05, 4.69) is 29.6 Å². The predicted molar refractivity (Wildman–Crippen MR) is 103 cm³/mol. The van der Waals surface area contributed by atoms with E-state index in [0.717, 1.165) is 5.75 Å². The van der Waals surface area contributed by atoms with E-state index in [-0.39, 0.29) is 5.91 Å². The standard InChI is InChI=1S/C19H20ClNO3S/c1-3-24-19(23)15-8-9-17(16(20)10-15)21-18(22)12-25-11-14-6-4-13(2)5-7-14/h4-10H,3,11-12H2,1-2H3,(H,21,22). The Kier molecular flexibility index (Phi) is 7.34. The highest BCUT2D eigenvalue weighted by Gasteiger charge is 2.11. The average molecular weight is 378 g/mol. The predicted octanol–water partition coefficient (Wildman–Crippen LogP) is 4.70. The van der Waals surface area contributed by atoms with Crippen LogP contribution in [0.25, 0.3) is 0 Å². The lowest BCUT2D eigenvalue weighted by Gasteiger charge is -2.09. The lowest BCUT2D eigenvalue weighted by molar-refractivity contribution is -0.113. The van der Waals surface area contributed by atoms with Crippen molar-refractivity contribution in [3.05, 3.63) is 64.2 Å². The second-order valence-electron chi connectivity index (χ2n) is 5.44. The molecule has 0 saturated carbocycles. The van der Waals surface area contributed by atoms with E-state index in [1.807, 2.05) is 6.92 Å². The number of carbonyl (C=O) groups excluding carboxylic acids is 2. The maximum Gasteiger partial charge on any atom is 0.338 e. The SMILES string of the molecule is CCOC(=O)c1ccc(NC(=O)CSCc2ccc(C)cc2)c(Cl)c1. The van der Waals surface area contributed by atoms with Crippen molar-refractivity contribution in [2.45, 2.75) is 19.6 Å². The Bertz CT molecular complexity index is 747. The highest BCUT2D eigenvalue weighted by molar-refractivity contribution is 7.99. The van der Waals surface area contributed by atoms with Crippen LogP contribution in [0.2, 0.25) is 5.02 Å². The zero-order valence-electron chi connectivity index (χ0n) is 14.2. The third kappa shape index (κ3) is 6.11. The van der Waals surface area contributed by atoms with E-state index in [4.69, 9.17) is 16.3 Å². The van der Waals surface area contributed by atoms with Crippen molar-refractivity contribution in [3.8, 4) is 0 Å². The molecule has 2 aromatic carbocycles. The summed E-state index contributed by atoms with van der Waals surface area (Å²) < 4.78 is 4.92. The molecule has 0 aliphatic carbocycles. The van der Waals surface area contributed by atoms with Crippen LogP contribution in [0.3, 0.4) is 0 Å². The number of nitrogens with one attached hydrogen (secondary N) is 1. The highest BCUT2D eigenvalue weighted by Crippen LogP contribution is 2.24. The third-order valence-corrected chi connectivity index (χ3v) is 4.69. The monoisotopic (exact) mass is 377 g/mol. The van der Waals surface area contributed by atoms with Gasteiger partial charge in [0.25, 0.3) is 0 Å². The molecule has 0 radical (unpaired) electrons. The van der Waals surface area contributed by atoms with Gasteiger partial charge in [-0.3, -0.25) is 4.79 Å². The summed E-state index contributed by atoms with van der Waals surface area (Å²) in [5.74, 6) is 0.520. The number of hydrogen-bond donors (Lipinski definition) is 1. The Morgan fingerprint density at radius 3 is 2.52 bits per heavy atom. The molecule has 0 atom stereocenters. The topological polar surface area (TPSA) is 55.4 Å². The Balaban J connectivity index is 1.85. The number of carbonyl (C=O) groups is 2. The van der Waals surface area contributed by atoms with Crippen LogP contribution >= 0.6 is 23.4 Å².